The zero-order valence-corrected chi connectivity index (χ0v) is 13.2. The molecule has 2 rings (SSSR count). The molecule has 5 heteroatoms. The van der Waals surface area contributed by atoms with Crippen molar-refractivity contribution in [3.05, 3.63) is 36.3 Å². The van der Waals surface area contributed by atoms with Crippen LogP contribution in [0.25, 0.3) is 11.4 Å². The fourth-order valence-corrected chi connectivity index (χ4v) is 1.88. The van der Waals surface area contributed by atoms with Crippen molar-refractivity contribution in [3.63, 3.8) is 0 Å². The normalized spacial score (nSPS) is 11.4. The van der Waals surface area contributed by atoms with Crippen LogP contribution < -0.4 is 5.32 Å². The number of thioether (sulfide) groups is 1. The van der Waals surface area contributed by atoms with E-state index in [4.69, 9.17) is 0 Å². The number of aromatic nitrogens is 3. The minimum atomic E-state index is 0.174. The molecule has 0 radical (unpaired) electrons. The lowest BCUT2D eigenvalue weighted by atomic mass is 10.2. The molecule has 0 atom stereocenters. The van der Waals surface area contributed by atoms with Crippen LogP contribution in [0.3, 0.4) is 0 Å². The largest absolute Gasteiger partial charge is 0.369 e. The molecule has 0 aromatic carbocycles. The lowest BCUT2D eigenvalue weighted by molar-refractivity contribution is 0.749. The van der Waals surface area contributed by atoms with E-state index in [9.17, 15) is 0 Å². The molecule has 0 fully saturated rings. The van der Waals surface area contributed by atoms with Crippen LogP contribution >= 0.6 is 11.8 Å². The zero-order valence-electron chi connectivity index (χ0n) is 12.3. The third-order valence-corrected chi connectivity index (χ3v) is 4.27. The third kappa shape index (κ3) is 3.93. The Balaban J connectivity index is 2.21. The summed E-state index contributed by atoms with van der Waals surface area (Å²) in [7, 11) is 0. The van der Waals surface area contributed by atoms with E-state index in [0.717, 1.165) is 23.6 Å². The summed E-state index contributed by atoms with van der Waals surface area (Å²) in [5.74, 6) is 1.57. The molecule has 1 N–H and O–H groups in total. The first-order valence-corrected chi connectivity index (χ1v) is 7.78. The predicted molar refractivity (Wildman–Crippen MR) is 86.1 cm³/mol. The Morgan fingerprint density at radius 1 is 1.30 bits per heavy atom. The summed E-state index contributed by atoms with van der Waals surface area (Å²) in [6, 6.07) is 5.83. The topological polar surface area (TPSA) is 50.7 Å². The second-order valence-corrected chi connectivity index (χ2v) is 6.79. The highest BCUT2D eigenvalue weighted by Crippen LogP contribution is 2.22. The Bertz CT molecular complexity index is 569. The Morgan fingerprint density at radius 2 is 2.10 bits per heavy atom. The SMILES string of the molecule is CSC(C)(C)CNc1cc(C)nc(-c2cccnc2)n1. The van der Waals surface area contributed by atoms with Gasteiger partial charge in [-0.3, -0.25) is 4.98 Å². The van der Waals surface area contributed by atoms with Crippen molar-refractivity contribution in [2.45, 2.75) is 25.5 Å². The standard InChI is InChI=1S/C15H20N4S/c1-11-8-13(17-10-15(2,3)20-4)19-14(18-11)12-6-5-7-16-9-12/h5-9H,10H2,1-4H3,(H,17,18,19). The van der Waals surface area contributed by atoms with Crippen molar-refractivity contribution in [2.24, 2.45) is 0 Å². The third-order valence-electron chi connectivity index (χ3n) is 3.02. The van der Waals surface area contributed by atoms with Crippen molar-refractivity contribution in [2.75, 3.05) is 18.1 Å². The molecule has 0 aliphatic rings. The van der Waals surface area contributed by atoms with Crippen molar-refractivity contribution < 1.29 is 0 Å². The molecule has 0 unspecified atom stereocenters. The van der Waals surface area contributed by atoms with E-state index in [0.29, 0.717) is 5.82 Å². The second kappa shape index (κ2) is 6.22. The molecule has 2 aromatic rings. The van der Waals surface area contributed by atoms with Crippen LogP contribution in [0.2, 0.25) is 0 Å². The van der Waals surface area contributed by atoms with Crippen LogP contribution in [-0.4, -0.2) is 32.5 Å². The van der Waals surface area contributed by atoms with Crippen LogP contribution in [0.1, 0.15) is 19.5 Å². The molecular weight excluding hydrogens is 268 g/mol. The van der Waals surface area contributed by atoms with Crippen molar-refractivity contribution in [3.8, 4) is 11.4 Å². The van der Waals surface area contributed by atoms with Gasteiger partial charge in [0.05, 0.1) is 0 Å². The highest BCUT2D eigenvalue weighted by atomic mass is 32.2. The first kappa shape index (κ1) is 14.8. The highest BCUT2D eigenvalue weighted by molar-refractivity contribution is 7.99. The van der Waals surface area contributed by atoms with E-state index in [1.165, 1.54) is 0 Å². The lowest BCUT2D eigenvalue weighted by Crippen LogP contribution is -2.26. The number of aryl methyl sites for hydroxylation is 1. The van der Waals surface area contributed by atoms with Gasteiger partial charge >= 0.3 is 0 Å². The van der Waals surface area contributed by atoms with E-state index in [1.807, 2.05) is 36.9 Å². The summed E-state index contributed by atoms with van der Waals surface area (Å²) >= 11 is 1.84. The Morgan fingerprint density at radius 3 is 2.75 bits per heavy atom. The highest BCUT2D eigenvalue weighted by Gasteiger charge is 2.16. The monoisotopic (exact) mass is 288 g/mol. The number of nitrogens with zero attached hydrogens (tertiary/aromatic N) is 3. The maximum atomic E-state index is 4.57. The summed E-state index contributed by atoms with van der Waals surface area (Å²) in [6.07, 6.45) is 5.65. The second-order valence-electron chi connectivity index (χ2n) is 5.28. The quantitative estimate of drug-likeness (QED) is 0.914. The molecule has 0 spiro atoms. The molecule has 0 bridgehead atoms. The molecule has 4 nitrogen and oxygen atoms in total. The smallest absolute Gasteiger partial charge is 0.163 e. The van der Waals surface area contributed by atoms with Gasteiger partial charge < -0.3 is 5.32 Å². The number of nitrogens with one attached hydrogen (secondary N) is 1. The Labute approximate surface area is 124 Å². The van der Waals surface area contributed by atoms with E-state index >= 15 is 0 Å². The molecule has 0 saturated carbocycles. The van der Waals surface area contributed by atoms with Gasteiger partial charge in [-0.1, -0.05) is 0 Å². The fraction of sp³-hybridized carbons (Fsp3) is 0.400. The van der Waals surface area contributed by atoms with Gasteiger partial charge in [-0.15, -0.1) is 0 Å². The van der Waals surface area contributed by atoms with Gasteiger partial charge in [0, 0.05) is 41.0 Å². The average Bonchev–Trinajstić information content (AvgIpc) is 2.46. The van der Waals surface area contributed by atoms with Crippen molar-refractivity contribution in [1.29, 1.82) is 0 Å². The fourth-order valence-electron chi connectivity index (χ4n) is 1.66. The lowest BCUT2D eigenvalue weighted by Gasteiger charge is -2.22. The Hall–Kier alpha value is -1.62. The minimum Gasteiger partial charge on any atom is -0.369 e. The zero-order chi connectivity index (χ0) is 14.6. The molecule has 0 aliphatic heterocycles. The van der Waals surface area contributed by atoms with Gasteiger partial charge in [-0.2, -0.15) is 11.8 Å². The van der Waals surface area contributed by atoms with Crippen molar-refractivity contribution >= 4 is 17.6 Å². The molecule has 0 saturated heterocycles. The summed E-state index contributed by atoms with van der Waals surface area (Å²) in [5.41, 5.74) is 1.88. The number of hydrogen-bond acceptors (Lipinski definition) is 5. The van der Waals surface area contributed by atoms with Gasteiger partial charge in [-0.25, -0.2) is 9.97 Å². The molecule has 106 valence electrons. The van der Waals surface area contributed by atoms with Gasteiger partial charge in [0.15, 0.2) is 5.82 Å². The van der Waals surface area contributed by atoms with Crippen LogP contribution in [0.15, 0.2) is 30.6 Å². The first-order valence-electron chi connectivity index (χ1n) is 6.55. The molecular formula is C15H20N4S. The molecule has 2 heterocycles. The predicted octanol–water partition coefficient (Wildman–Crippen LogP) is 3.40. The maximum Gasteiger partial charge on any atom is 0.163 e. The molecule has 0 aliphatic carbocycles. The van der Waals surface area contributed by atoms with Crippen molar-refractivity contribution in [1.82, 2.24) is 15.0 Å². The van der Waals surface area contributed by atoms with Crippen LogP contribution in [0, 0.1) is 6.92 Å². The number of rotatable bonds is 5. The van der Waals surface area contributed by atoms with E-state index in [-0.39, 0.29) is 4.75 Å². The average molecular weight is 288 g/mol. The minimum absolute atomic E-state index is 0.174. The summed E-state index contributed by atoms with van der Waals surface area (Å²) in [5, 5.41) is 3.39. The summed E-state index contributed by atoms with van der Waals surface area (Å²) in [6.45, 7) is 7.25. The van der Waals surface area contributed by atoms with Gasteiger partial charge in [0.2, 0.25) is 0 Å². The summed E-state index contributed by atoms with van der Waals surface area (Å²) < 4.78 is 0.174. The first-order chi connectivity index (χ1) is 9.50. The van der Waals surface area contributed by atoms with Gasteiger partial charge in [0.1, 0.15) is 5.82 Å². The molecule has 2 aromatic heterocycles. The van der Waals surface area contributed by atoms with Gasteiger partial charge in [0.25, 0.3) is 0 Å². The summed E-state index contributed by atoms with van der Waals surface area (Å²) in [4.78, 5) is 13.2. The molecule has 0 amide bonds. The molecule has 20 heavy (non-hydrogen) atoms. The van der Waals surface area contributed by atoms with E-state index in [1.54, 1.807) is 12.4 Å². The van der Waals surface area contributed by atoms with Crippen LogP contribution in [0.4, 0.5) is 5.82 Å². The number of pyridine rings is 1. The van der Waals surface area contributed by atoms with E-state index in [2.05, 4.69) is 40.4 Å². The van der Waals surface area contributed by atoms with E-state index < -0.39 is 0 Å². The van der Waals surface area contributed by atoms with Gasteiger partial charge in [-0.05, 0) is 39.2 Å². The van der Waals surface area contributed by atoms with Crippen LogP contribution in [0.5, 0.6) is 0 Å². The van der Waals surface area contributed by atoms with Crippen LogP contribution in [-0.2, 0) is 0 Å². The maximum absolute atomic E-state index is 4.57. The Kier molecular flexibility index (Phi) is 4.60. The number of anilines is 1. The number of hydrogen-bond donors (Lipinski definition) is 1.